The molecule has 0 aliphatic heterocycles. The molecule has 1 rings (SSSR count). The molecule has 1 aliphatic carbocycles. The molecule has 12 heavy (non-hydrogen) atoms. The van der Waals surface area contributed by atoms with Gasteiger partial charge in [-0.15, -0.1) is 0 Å². The van der Waals surface area contributed by atoms with Crippen molar-refractivity contribution in [2.75, 3.05) is 14.2 Å². The first-order valence-electron chi connectivity index (χ1n) is 3.81. The van der Waals surface area contributed by atoms with Crippen LogP contribution in [0.1, 0.15) is 13.3 Å². The van der Waals surface area contributed by atoms with Gasteiger partial charge in [0.25, 0.3) is 0 Å². The molecule has 0 aromatic heterocycles. The van der Waals surface area contributed by atoms with Gasteiger partial charge >= 0.3 is 7.60 Å². The highest BCUT2D eigenvalue weighted by atomic mass is 31.2. The molecule has 0 radical (unpaired) electrons. The third-order valence-corrected chi connectivity index (χ3v) is 4.01. The molecule has 0 amide bonds. The van der Waals surface area contributed by atoms with Gasteiger partial charge in [-0.2, -0.15) is 0 Å². The van der Waals surface area contributed by atoms with Crippen molar-refractivity contribution in [1.82, 2.24) is 0 Å². The Kier molecular flexibility index (Phi) is 2.71. The van der Waals surface area contributed by atoms with Crippen LogP contribution in [0.25, 0.3) is 0 Å². The maximum atomic E-state index is 11.5. The van der Waals surface area contributed by atoms with Crippen LogP contribution in [-0.4, -0.2) is 19.7 Å². The number of hydrogen-bond acceptors (Lipinski definition) is 4. The zero-order chi connectivity index (χ0) is 9.35. The van der Waals surface area contributed by atoms with E-state index < -0.39 is 7.60 Å². The largest absolute Gasteiger partial charge is 0.396 e. The van der Waals surface area contributed by atoms with Gasteiger partial charge in [-0.05, 0) is 12.3 Å². The van der Waals surface area contributed by atoms with Crippen molar-refractivity contribution in [2.45, 2.75) is 13.3 Å². The number of hydrogen-bond donors (Lipinski definition) is 0. The van der Waals surface area contributed by atoms with Crippen molar-refractivity contribution in [2.24, 2.45) is 11.8 Å². The molecule has 5 heteroatoms. The topological polar surface area (TPSA) is 52.6 Å². The zero-order valence-electron chi connectivity index (χ0n) is 7.44. The minimum Gasteiger partial charge on any atom is -0.307 e. The molecule has 0 unspecified atom stereocenters. The summed E-state index contributed by atoms with van der Waals surface area (Å²) in [5.74, 6) is 0.215. The molecule has 0 N–H and O–H groups in total. The van der Waals surface area contributed by atoms with Crippen molar-refractivity contribution >= 4 is 13.1 Å². The predicted octanol–water partition coefficient (Wildman–Crippen LogP) is 1.65. The summed E-state index contributed by atoms with van der Waals surface area (Å²) in [6.07, 6.45) is 0.801. The number of rotatable bonds is 4. The van der Waals surface area contributed by atoms with Crippen LogP contribution in [0, 0.1) is 11.8 Å². The smallest absolute Gasteiger partial charge is 0.307 e. The molecule has 2 atom stereocenters. The van der Waals surface area contributed by atoms with Gasteiger partial charge in [0, 0.05) is 20.1 Å². The molecule has 0 aromatic carbocycles. The molecule has 0 bridgehead atoms. The Morgan fingerprint density at radius 3 is 2.08 bits per heavy atom. The Morgan fingerprint density at radius 2 is 1.83 bits per heavy atom. The molecule has 4 nitrogen and oxygen atoms in total. The molecule has 1 saturated carbocycles. The molecule has 0 spiro atoms. The number of carbonyl (C=O) groups excluding carboxylic acids is 1. The molecular formula is C7H13O4P. The van der Waals surface area contributed by atoms with Crippen LogP contribution in [0.15, 0.2) is 0 Å². The van der Waals surface area contributed by atoms with E-state index in [9.17, 15) is 9.36 Å². The highest BCUT2D eigenvalue weighted by molar-refractivity contribution is 7.71. The second kappa shape index (κ2) is 3.29. The predicted molar refractivity (Wildman–Crippen MR) is 43.9 cm³/mol. The van der Waals surface area contributed by atoms with Gasteiger partial charge in [0.1, 0.15) is 0 Å². The fourth-order valence-corrected chi connectivity index (χ4v) is 2.40. The van der Waals surface area contributed by atoms with Gasteiger partial charge in [-0.1, -0.05) is 6.92 Å². The van der Waals surface area contributed by atoms with E-state index in [2.05, 4.69) is 9.05 Å². The Morgan fingerprint density at radius 1 is 1.42 bits per heavy atom. The third kappa shape index (κ3) is 1.60. The van der Waals surface area contributed by atoms with Crippen LogP contribution in [0.4, 0.5) is 0 Å². The lowest BCUT2D eigenvalue weighted by molar-refractivity contribution is -0.115. The fourth-order valence-electron chi connectivity index (χ4n) is 1.12. The Bertz CT molecular complexity index is 230. The maximum Gasteiger partial charge on any atom is 0.396 e. The van der Waals surface area contributed by atoms with E-state index in [1.165, 1.54) is 14.2 Å². The molecular weight excluding hydrogens is 179 g/mol. The lowest BCUT2D eigenvalue weighted by Gasteiger charge is -2.10. The second-order valence-corrected chi connectivity index (χ2v) is 5.19. The second-order valence-electron chi connectivity index (χ2n) is 3.02. The number of carbonyl (C=O) groups is 1. The summed E-state index contributed by atoms with van der Waals surface area (Å²) in [4.78, 5) is 11.4. The van der Waals surface area contributed by atoms with Crippen molar-refractivity contribution in [1.29, 1.82) is 0 Å². The van der Waals surface area contributed by atoms with E-state index >= 15 is 0 Å². The Balaban J connectivity index is 2.67. The van der Waals surface area contributed by atoms with E-state index in [1.807, 2.05) is 6.92 Å². The van der Waals surface area contributed by atoms with Crippen molar-refractivity contribution in [3.8, 4) is 0 Å². The van der Waals surface area contributed by atoms with Gasteiger partial charge in [-0.25, -0.2) is 0 Å². The standard InChI is InChI=1S/C7H13O4P/c1-5-4-6(5)7(8)12(9,10-2)11-3/h5-6H,4H2,1-3H3/t5-,6-/m0/s1. The maximum absolute atomic E-state index is 11.5. The summed E-state index contributed by atoms with van der Waals surface area (Å²) in [6, 6.07) is 0. The first kappa shape index (κ1) is 9.90. The lowest BCUT2D eigenvalue weighted by Crippen LogP contribution is -2.06. The molecule has 0 saturated heterocycles. The summed E-state index contributed by atoms with van der Waals surface area (Å²) in [7, 11) is -0.979. The van der Waals surface area contributed by atoms with Crippen LogP contribution in [-0.2, 0) is 18.4 Å². The summed E-state index contributed by atoms with van der Waals surface area (Å²) >= 11 is 0. The van der Waals surface area contributed by atoms with Gasteiger partial charge in [0.15, 0.2) is 0 Å². The van der Waals surface area contributed by atoms with Crippen molar-refractivity contribution < 1.29 is 18.4 Å². The highest BCUT2D eigenvalue weighted by Crippen LogP contribution is 2.56. The van der Waals surface area contributed by atoms with Crippen LogP contribution in [0.2, 0.25) is 0 Å². The zero-order valence-corrected chi connectivity index (χ0v) is 8.34. The van der Waals surface area contributed by atoms with Gasteiger partial charge in [0.2, 0.25) is 5.52 Å². The SMILES string of the molecule is COP(=O)(OC)C(=O)[C@H]1C[C@@H]1C. The fraction of sp³-hybridized carbons (Fsp3) is 0.857. The van der Waals surface area contributed by atoms with Crippen LogP contribution in [0.3, 0.4) is 0 Å². The molecule has 0 heterocycles. The van der Waals surface area contributed by atoms with Gasteiger partial charge in [0.05, 0.1) is 0 Å². The molecule has 1 fully saturated rings. The summed E-state index contributed by atoms with van der Waals surface area (Å²) < 4.78 is 20.6. The molecule has 0 aromatic rings. The normalized spacial score (nSPS) is 28.6. The minimum absolute atomic E-state index is 0.115. The van der Waals surface area contributed by atoms with Crippen molar-refractivity contribution in [3.63, 3.8) is 0 Å². The van der Waals surface area contributed by atoms with Crippen LogP contribution in [0.5, 0.6) is 0 Å². The molecule has 1 aliphatic rings. The quantitative estimate of drug-likeness (QED) is 0.635. The lowest BCUT2D eigenvalue weighted by atomic mass is 10.4. The summed E-state index contributed by atoms with van der Waals surface area (Å²) in [5, 5.41) is 0. The van der Waals surface area contributed by atoms with E-state index in [0.29, 0.717) is 5.92 Å². The highest BCUT2D eigenvalue weighted by Gasteiger charge is 2.48. The Labute approximate surface area is 71.8 Å². The van der Waals surface area contributed by atoms with Gasteiger partial charge < -0.3 is 9.05 Å². The van der Waals surface area contributed by atoms with E-state index in [-0.39, 0.29) is 11.4 Å². The summed E-state index contributed by atoms with van der Waals surface area (Å²) in [5.41, 5.74) is -0.375. The van der Waals surface area contributed by atoms with Crippen LogP contribution < -0.4 is 0 Å². The first-order valence-corrected chi connectivity index (χ1v) is 5.35. The first-order chi connectivity index (χ1) is 5.55. The van der Waals surface area contributed by atoms with E-state index in [0.717, 1.165) is 6.42 Å². The van der Waals surface area contributed by atoms with Gasteiger partial charge in [-0.3, -0.25) is 9.36 Å². The average Bonchev–Trinajstić information content (AvgIpc) is 2.80. The summed E-state index contributed by atoms with van der Waals surface area (Å²) in [6.45, 7) is 1.94. The minimum atomic E-state index is -3.44. The van der Waals surface area contributed by atoms with Crippen molar-refractivity contribution in [3.05, 3.63) is 0 Å². The molecule has 70 valence electrons. The average molecular weight is 192 g/mol. The monoisotopic (exact) mass is 192 g/mol. The van der Waals surface area contributed by atoms with E-state index in [4.69, 9.17) is 0 Å². The van der Waals surface area contributed by atoms with E-state index in [1.54, 1.807) is 0 Å². The Hall–Kier alpha value is -0.180. The van der Waals surface area contributed by atoms with Crippen LogP contribution >= 0.6 is 7.60 Å². The third-order valence-electron chi connectivity index (χ3n) is 2.18.